The van der Waals surface area contributed by atoms with Gasteiger partial charge in [-0.2, -0.15) is 0 Å². The number of amides is 7. The van der Waals surface area contributed by atoms with E-state index in [2.05, 4.69) is 21.3 Å². The van der Waals surface area contributed by atoms with Gasteiger partial charge in [-0.15, -0.1) is 35.1 Å². The number of carbonyl (C=O) groups excluding carboxylic acids is 7. The number of imide groups is 2. The van der Waals surface area contributed by atoms with E-state index in [4.69, 9.17) is 8.70 Å². The highest BCUT2D eigenvalue weighted by Gasteiger charge is 2.50. The number of halogens is 3. The van der Waals surface area contributed by atoms with E-state index >= 15 is 0 Å². The average molecular weight is 765 g/mol. The Morgan fingerprint density at radius 3 is 1.73 bits per heavy atom. The van der Waals surface area contributed by atoms with Gasteiger partial charge in [0.2, 0.25) is 0 Å². The summed E-state index contributed by atoms with van der Waals surface area (Å²) >= 11 is 2.63. The van der Waals surface area contributed by atoms with Gasteiger partial charge in [0.15, 0.2) is 23.7 Å². The van der Waals surface area contributed by atoms with E-state index < -0.39 is 46.6 Å². The minimum Gasteiger partial charge on any atom is -0.330 e. The Hall–Kier alpha value is -5.36. The second kappa shape index (κ2) is 16.6. The Bertz CT molecular complexity index is 1950. The number of carbonyl (C=O) groups is 7. The highest BCUT2D eigenvalue weighted by molar-refractivity contribution is 7.12. The van der Waals surface area contributed by atoms with Crippen LogP contribution in [0.3, 0.4) is 0 Å². The molecule has 2 saturated heterocycles. The maximum absolute atomic E-state index is 13.2. The van der Waals surface area contributed by atoms with Crippen molar-refractivity contribution < 1.29 is 45.3 Å². The highest BCUT2D eigenvalue weighted by atomic mass is 35.5. The molecule has 6 N–H and O–H groups in total. The molecule has 7 amide bonds. The second-order valence-electron chi connectivity index (χ2n) is 10.8. The van der Waals surface area contributed by atoms with Crippen LogP contribution in [0.15, 0.2) is 71.4 Å². The first kappa shape index (κ1) is 38.4. The molecule has 0 saturated carbocycles. The Morgan fingerprint density at radius 2 is 1.29 bits per heavy atom. The molecule has 5 heterocycles. The van der Waals surface area contributed by atoms with Crippen molar-refractivity contribution in [3.63, 3.8) is 0 Å². The van der Waals surface area contributed by atoms with Crippen LogP contribution in [-0.2, 0) is 27.2 Å². The van der Waals surface area contributed by atoms with Crippen molar-refractivity contribution in [1.29, 1.82) is 0 Å². The predicted octanol–water partition coefficient (Wildman–Crippen LogP) is 4.07. The van der Waals surface area contributed by atoms with Gasteiger partial charge < -0.3 is 21.3 Å². The van der Waals surface area contributed by atoms with Gasteiger partial charge in [-0.1, -0.05) is 31.7 Å². The number of fused-ring (bicyclic) bond motifs is 1. The monoisotopic (exact) mass is 764 g/mol. The maximum Gasteiger partial charge on any atom is 0.322 e. The van der Waals surface area contributed by atoms with Gasteiger partial charge in [0.25, 0.3) is 17.7 Å². The van der Waals surface area contributed by atoms with Gasteiger partial charge >= 0.3 is 12.1 Å². The van der Waals surface area contributed by atoms with Crippen molar-refractivity contribution in [3.8, 4) is 0 Å². The normalized spacial score (nSPS) is 19.9. The summed E-state index contributed by atoms with van der Waals surface area (Å²) in [5.74, 6) is -2.11. The van der Waals surface area contributed by atoms with Crippen LogP contribution in [-0.4, -0.2) is 60.3 Å². The Labute approximate surface area is 307 Å². The fourth-order valence-corrected chi connectivity index (χ4v) is 6.88. The second-order valence-corrected chi connectivity index (χ2v) is 12.6. The summed E-state index contributed by atoms with van der Waals surface area (Å²) in [6, 6.07) is 12.9. The molecule has 3 aliphatic rings. The zero-order valence-corrected chi connectivity index (χ0v) is 28.0. The molecule has 51 heavy (non-hydrogen) atoms. The largest absolute Gasteiger partial charge is 0.330 e. The summed E-state index contributed by atoms with van der Waals surface area (Å²) in [7, 11) is 0. The Morgan fingerprint density at radius 1 is 0.784 bits per heavy atom. The topological polar surface area (TPSA) is 197 Å². The lowest BCUT2D eigenvalue weighted by atomic mass is 9.89. The van der Waals surface area contributed by atoms with E-state index in [9.17, 15) is 42.3 Å². The predicted molar refractivity (Wildman–Crippen MR) is 189 cm³/mol. The van der Waals surface area contributed by atoms with Crippen LogP contribution >= 0.6 is 35.1 Å². The van der Waals surface area contributed by atoms with Crippen LogP contribution in [0.1, 0.15) is 56.8 Å². The zero-order valence-electron chi connectivity index (χ0n) is 27.6. The first-order valence-corrected chi connectivity index (χ1v) is 16.0. The third-order valence-electron chi connectivity index (χ3n) is 7.84. The fraction of sp³-hybridized carbons (Fsp3) is 0.182. The number of nitrogens with two attached hydrogens (primary N) is 1. The van der Waals surface area contributed by atoms with Crippen LogP contribution in [0.4, 0.5) is 18.4 Å². The molecule has 2 aromatic carbocycles. The SMILES string of the molecule is C.Cl.NCC1(c2ccc(F)cc2)NC(=O)NC1=O.O=C1NC(=O)C(CN2Cc3ccsc3C2=O)(c2ccc(F)cc2)N1.O=Cc1ccsc1C=O.[2H][2H]. The summed E-state index contributed by atoms with van der Waals surface area (Å²) in [5, 5.41) is 12.9. The lowest BCUT2D eigenvalue weighted by Crippen LogP contribution is -2.52. The average Bonchev–Trinajstić information content (AvgIpc) is 3.95. The van der Waals surface area contributed by atoms with Crippen molar-refractivity contribution in [2.75, 3.05) is 13.1 Å². The number of hydrogen-bond acceptors (Lipinski definition) is 10. The van der Waals surface area contributed by atoms with Crippen LogP contribution in [0.25, 0.3) is 0 Å². The summed E-state index contributed by atoms with van der Waals surface area (Å²) in [6.45, 7) is 0.274. The molecular formula is C33H33ClF2N6O7S2. The van der Waals surface area contributed by atoms with Gasteiger partial charge in [0, 0.05) is 21.6 Å². The van der Waals surface area contributed by atoms with Crippen LogP contribution < -0.4 is 27.0 Å². The number of hydrogen-bond donors (Lipinski definition) is 5. The standard InChI is InChI=1S/C16H12FN3O3S.C10H10FN3O2.C6H4O2S.CH4.ClH.H2/c17-11-3-1-10(2-4-11)16(14(22)18-15(23)19-16)8-20-7-9-5-6-24-12(9)13(20)21;11-7-3-1-6(2-4-7)10(5-12)8(15)13-9(16)14-10;7-3-5-1-2-9-6(5)4-8;;;/h1-6H,7-8H2,(H2,18,19,22,23);1-4H,5,12H2,(H2,13,14,15,16);1-4H;1H4;2*1H/i;;;;;1+1D. The summed E-state index contributed by atoms with van der Waals surface area (Å²) in [5.41, 5.74) is 5.09. The number of nitrogens with one attached hydrogen (secondary N) is 4. The van der Waals surface area contributed by atoms with Gasteiger partial charge in [-0.3, -0.25) is 34.6 Å². The highest BCUT2D eigenvalue weighted by Crippen LogP contribution is 2.33. The van der Waals surface area contributed by atoms with Crippen molar-refractivity contribution in [3.05, 3.63) is 115 Å². The Kier molecular flexibility index (Phi) is 12.5. The Balaban J connectivity index is 0.000000291. The van der Waals surface area contributed by atoms with Gasteiger partial charge in [-0.25, -0.2) is 18.4 Å². The van der Waals surface area contributed by atoms with Crippen molar-refractivity contribution in [2.24, 2.45) is 5.73 Å². The molecule has 13 nitrogen and oxygen atoms in total. The fourth-order valence-electron chi connectivity index (χ4n) is 5.33. The molecule has 0 aliphatic carbocycles. The number of thiophene rings is 2. The van der Waals surface area contributed by atoms with Gasteiger partial charge in [0.05, 0.1) is 16.3 Å². The van der Waals surface area contributed by atoms with E-state index in [-0.39, 0.29) is 38.8 Å². The van der Waals surface area contributed by atoms with E-state index in [1.165, 1.54) is 76.1 Å². The summed E-state index contributed by atoms with van der Waals surface area (Å²) in [6.07, 6.45) is 1.37. The molecule has 3 aliphatic heterocycles. The van der Waals surface area contributed by atoms with Gasteiger partial charge in [0.1, 0.15) is 11.6 Å². The first-order valence-electron chi connectivity index (χ1n) is 15.3. The number of urea groups is 2. The minimum absolute atomic E-state index is 0. The molecule has 2 aromatic heterocycles. The van der Waals surface area contributed by atoms with E-state index in [0.29, 0.717) is 45.6 Å². The zero-order chi connectivity index (χ0) is 37.3. The third kappa shape index (κ3) is 8.01. The lowest BCUT2D eigenvalue weighted by Gasteiger charge is -2.31. The van der Waals surface area contributed by atoms with Crippen LogP contribution in [0.2, 0.25) is 0 Å². The molecule has 7 rings (SSSR count). The molecular weight excluding hydrogens is 730 g/mol. The molecule has 0 radical (unpaired) electrons. The number of nitrogens with zero attached hydrogens (tertiary/aromatic N) is 1. The van der Waals surface area contributed by atoms with Gasteiger partial charge in [-0.05, 0) is 63.8 Å². The molecule has 4 aromatic rings. The molecule has 0 bridgehead atoms. The minimum atomic E-state index is -1.42. The quantitative estimate of drug-likeness (QED) is 0.137. The van der Waals surface area contributed by atoms with E-state index in [0.717, 1.165) is 5.56 Å². The van der Waals surface area contributed by atoms with Crippen molar-refractivity contribution in [2.45, 2.75) is 25.0 Å². The number of benzene rings is 2. The van der Waals surface area contributed by atoms with E-state index in [1.807, 2.05) is 11.4 Å². The molecule has 0 spiro atoms. The van der Waals surface area contributed by atoms with Crippen molar-refractivity contribution in [1.82, 2.24) is 26.2 Å². The number of rotatable bonds is 7. The lowest BCUT2D eigenvalue weighted by molar-refractivity contribution is -0.125. The molecule has 2 atom stereocenters. The molecule has 18 heteroatoms. The molecule has 2 unspecified atom stereocenters. The molecule has 2 fully saturated rings. The summed E-state index contributed by atoms with van der Waals surface area (Å²) in [4.78, 5) is 82.3. The van der Waals surface area contributed by atoms with E-state index in [1.54, 1.807) is 11.4 Å². The van der Waals surface area contributed by atoms with Crippen LogP contribution in [0, 0.1) is 11.6 Å². The summed E-state index contributed by atoms with van der Waals surface area (Å²) < 4.78 is 36.0. The maximum atomic E-state index is 13.2. The third-order valence-corrected chi connectivity index (χ3v) is 9.64. The number of aldehydes is 2. The first-order chi connectivity index (χ1) is 24.5. The van der Waals surface area contributed by atoms with Crippen LogP contribution in [0.5, 0.6) is 0 Å². The van der Waals surface area contributed by atoms with Crippen molar-refractivity contribution >= 4 is 77.4 Å². The molecule has 270 valence electrons. The smallest absolute Gasteiger partial charge is 0.322 e.